The molecule has 12 heavy (non-hydrogen) atoms. The van der Waals surface area contributed by atoms with Crippen molar-refractivity contribution in [2.24, 2.45) is 4.99 Å². The Morgan fingerprint density at radius 1 is 1.42 bits per heavy atom. The van der Waals surface area contributed by atoms with Crippen molar-refractivity contribution in [1.82, 2.24) is 4.98 Å². The van der Waals surface area contributed by atoms with Gasteiger partial charge in [0.2, 0.25) is 0 Å². The quantitative estimate of drug-likeness (QED) is 0.616. The van der Waals surface area contributed by atoms with Gasteiger partial charge in [-0.15, -0.1) is 0 Å². The normalized spacial score (nSPS) is 16.2. The number of nitrogens with zero attached hydrogens (tertiary/aromatic N) is 2. The van der Waals surface area contributed by atoms with E-state index in [2.05, 4.69) is 23.0 Å². The van der Waals surface area contributed by atoms with Crippen molar-refractivity contribution in [2.45, 2.75) is 19.8 Å². The number of aromatic nitrogens is 1. The van der Waals surface area contributed by atoms with Gasteiger partial charge >= 0.3 is 0 Å². The zero-order valence-electron chi connectivity index (χ0n) is 7.25. The van der Waals surface area contributed by atoms with Crippen LogP contribution in [0.2, 0.25) is 0 Å². The maximum Gasteiger partial charge on any atom is 0.0425 e. The average Bonchev–Trinajstić information content (AvgIpc) is 2.57. The third-order valence-corrected chi connectivity index (χ3v) is 2.21. The van der Waals surface area contributed by atoms with Gasteiger partial charge in [0.05, 0.1) is 0 Å². The van der Waals surface area contributed by atoms with E-state index in [1.165, 1.54) is 23.3 Å². The summed E-state index contributed by atoms with van der Waals surface area (Å²) < 4.78 is 0. The summed E-state index contributed by atoms with van der Waals surface area (Å²) in [5, 5.41) is 0. The Labute approximate surface area is 72.4 Å². The van der Waals surface area contributed by atoms with E-state index in [4.69, 9.17) is 0 Å². The molecule has 2 rings (SSSR count). The van der Waals surface area contributed by atoms with Crippen molar-refractivity contribution in [3.05, 3.63) is 29.6 Å². The first kappa shape index (κ1) is 7.47. The molecule has 0 saturated heterocycles. The van der Waals surface area contributed by atoms with Crippen LogP contribution >= 0.6 is 0 Å². The Morgan fingerprint density at radius 3 is 3.00 bits per heavy atom. The molecular weight excluding hydrogens is 148 g/mol. The second-order valence-corrected chi connectivity index (χ2v) is 3.12. The molecule has 0 saturated carbocycles. The van der Waals surface area contributed by atoms with Gasteiger partial charge in [-0.3, -0.25) is 9.98 Å². The van der Waals surface area contributed by atoms with Crippen LogP contribution < -0.4 is 0 Å². The molecule has 0 aliphatic carbocycles. The first-order valence-corrected chi connectivity index (χ1v) is 4.32. The minimum atomic E-state index is 0.997. The summed E-state index contributed by atoms with van der Waals surface area (Å²) in [7, 11) is 0. The summed E-state index contributed by atoms with van der Waals surface area (Å²) in [6.45, 7) is 3.08. The van der Waals surface area contributed by atoms with Crippen molar-refractivity contribution in [1.29, 1.82) is 0 Å². The van der Waals surface area contributed by atoms with Gasteiger partial charge in [0, 0.05) is 30.2 Å². The van der Waals surface area contributed by atoms with Crippen LogP contribution in [0.1, 0.15) is 24.0 Å². The van der Waals surface area contributed by atoms with E-state index in [1.54, 1.807) is 0 Å². The van der Waals surface area contributed by atoms with Crippen LogP contribution in [0.15, 0.2) is 23.5 Å². The van der Waals surface area contributed by atoms with Gasteiger partial charge in [0.15, 0.2) is 0 Å². The molecule has 1 aromatic heterocycles. The molecule has 2 heterocycles. The van der Waals surface area contributed by atoms with Crippen molar-refractivity contribution in [3.8, 4) is 0 Å². The molecule has 0 atom stereocenters. The third kappa shape index (κ3) is 1.24. The SMILES string of the molecule is Cc1cnccc1C1=NCCC1. The summed E-state index contributed by atoms with van der Waals surface area (Å²) in [6.07, 6.45) is 6.07. The van der Waals surface area contributed by atoms with Crippen molar-refractivity contribution in [2.75, 3.05) is 6.54 Å². The van der Waals surface area contributed by atoms with Crippen molar-refractivity contribution in [3.63, 3.8) is 0 Å². The van der Waals surface area contributed by atoms with E-state index in [-0.39, 0.29) is 0 Å². The number of pyridine rings is 1. The molecule has 0 N–H and O–H groups in total. The molecule has 2 nitrogen and oxygen atoms in total. The summed E-state index contributed by atoms with van der Waals surface area (Å²) in [5.74, 6) is 0. The van der Waals surface area contributed by atoms with Crippen LogP contribution in [0.5, 0.6) is 0 Å². The molecule has 0 fully saturated rings. The molecule has 0 bridgehead atoms. The van der Waals surface area contributed by atoms with E-state index < -0.39 is 0 Å². The molecule has 1 aromatic rings. The summed E-state index contributed by atoms with van der Waals surface area (Å²) >= 11 is 0. The van der Waals surface area contributed by atoms with Crippen LogP contribution in [-0.2, 0) is 0 Å². The largest absolute Gasteiger partial charge is 0.289 e. The molecule has 62 valence electrons. The van der Waals surface area contributed by atoms with Crippen molar-refractivity contribution < 1.29 is 0 Å². The van der Waals surface area contributed by atoms with E-state index in [0.29, 0.717) is 0 Å². The average molecular weight is 160 g/mol. The van der Waals surface area contributed by atoms with E-state index in [1.807, 2.05) is 12.4 Å². The first-order chi connectivity index (χ1) is 5.88. The second kappa shape index (κ2) is 3.05. The monoisotopic (exact) mass is 160 g/mol. The number of hydrogen-bond acceptors (Lipinski definition) is 2. The maximum absolute atomic E-state index is 4.46. The van der Waals surface area contributed by atoms with Crippen LogP contribution in [-0.4, -0.2) is 17.2 Å². The topological polar surface area (TPSA) is 25.2 Å². The van der Waals surface area contributed by atoms with Gasteiger partial charge in [0.25, 0.3) is 0 Å². The van der Waals surface area contributed by atoms with E-state index in [0.717, 1.165) is 13.0 Å². The molecule has 0 radical (unpaired) electrons. The molecule has 0 aromatic carbocycles. The van der Waals surface area contributed by atoms with Gasteiger partial charge in [-0.05, 0) is 31.4 Å². The van der Waals surface area contributed by atoms with Crippen LogP contribution in [0.25, 0.3) is 0 Å². The number of rotatable bonds is 1. The lowest BCUT2D eigenvalue weighted by Crippen LogP contribution is -1.99. The lowest BCUT2D eigenvalue weighted by atomic mass is 10.1. The smallest absolute Gasteiger partial charge is 0.0425 e. The highest BCUT2D eigenvalue weighted by atomic mass is 14.8. The van der Waals surface area contributed by atoms with Crippen LogP contribution in [0, 0.1) is 6.92 Å². The zero-order chi connectivity index (χ0) is 8.39. The Balaban J connectivity index is 2.39. The van der Waals surface area contributed by atoms with E-state index >= 15 is 0 Å². The highest BCUT2D eigenvalue weighted by molar-refractivity contribution is 6.02. The Kier molecular flexibility index (Phi) is 1.90. The highest BCUT2D eigenvalue weighted by Crippen LogP contribution is 2.15. The standard InChI is InChI=1S/C10H12N2/c1-8-7-11-6-4-9(8)10-3-2-5-12-10/h4,6-7H,2-3,5H2,1H3. The van der Waals surface area contributed by atoms with Gasteiger partial charge in [-0.1, -0.05) is 0 Å². The Bertz CT molecular complexity index is 315. The fraction of sp³-hybridized carbons (Fsp3) is 0.400. The Morgan fingerprint density at radius 2 is 2.33 bits per heavy atom. The van der Waals surface area contributed by atoms with Gasteiger partial charge < -0.3 is 0 Å². The molecule has 1 aliphatic heterocycles. The predicted molar refractivity (Wildman–Crippen MR) is 49.6 cm³/mol. The lowest BCUT2D eigenvalue weighted by Gasteiger charge is -2.02. The summed E-state index contributed by atoms with van der Waals surface area (Å²) in [5.41, 5.74) is 3.77. The number of aliphatic imine (C=N–C) groups is 1. The molecule has 0 amide bonds. The first-order valence-electron chi connectivity index (χ1n) is 4.32. The zero-order valence-corrected chi connectivity index (χ0v) is 7.25. The highest BCUT2D eigenvalue weighted by Gasteiger charge is 2.10. The lowest BCUT2D eigenvalue weighted by molar-refractivity contribution is 0.951. The number of aryl methyl sites for hydroxylation is 1. The molecule has 0 unspecified atom stereocenters. The van der Waals surface area contributed by atoms with Crippen molar-refractivity contribution >= 4 is 5.71 Å². The van der Waals surface area contributed by atoms with Gasteiger partial charge in [-0.25, -0.2) is 0 Å². The van der Waals surface area contributed by atoms with Crippen LogP contribution in [0.3, 0.4) is 0 Å². The molecular formula is C10H12N2. The molecule has 2 heteroatoms. The molecule has 0 spiro atoms. The van der Waals surface area contributed by atoms with E-state index in [9.17, 15) is 0 Å². The van der Waals surface area contributed by atoms with Crippen LogP contribution in [0.4, 0.5) is 0 Å². The minimum Gasteiger partial charge on any atom is -0.289 e. The Hall–Kier alpha value is -1.18. The van der Waals surface area contributed by atoms with Gasteiger partial charge in [-0.2, -0.15) is 0 Å². The minimum absolute atomic E-state index is 0.997. The fourth-order valence-electron chi connectivity index (χ4n) is 1.56. The second-order valence-electron chi connectivity index (χ2n) is 3.12. The maximum atomic E-state index is 4.46. The number of hydrogen-bond donors (Lipinski definition) is 0. The van der Waals surface area contributed by atoms with Gasteiger partial charge in [0.1, 0.15) is 0 Å². The summed E-state index contributed by atoms with van der Waals surface area (Å²) in [6, 6.07) is 2.06. The summed E-state index contributed by atoms with van der Waals surface area (Å²) in [4.78, 5) is 8.52. The third-order valence-electron chi connectivity index (χ3n) is 2.21. The predicted octanol–water partition coefficient (Wildman–Crippen LogP) is 1.97. The molecule has 1 aliphatic rings. The fourth-order valence-corrected chi connectivity index (χ4v) is 1.56.